The summed E-state index contributed by atoms with van der Waals surface area (Å²) in [5.74, 6) is 1.91. The van der Waals surface area contributed by atoms with E-state index in [4.69, 9.17) is 27.9 Å². The van der Waals surface area contributed by atoms with Gasteiger partial charge in [-0.25, -0.2) is 0 Å². The fraction of sp³-hybridized carbons (Fsp3) is 0.789. The highest BCUT2D eigenvalue weighted by Crippen LogP contribution is 2.68. The molecular formula is C38H57Cl2NO5. The third-order valence-electron chi connectivity index (χ3n) is 13.2. The number of carbonyl (C=O) groups excluding carboxylic acids is 1. The predicted octanol–water partition coefficient (Wildman–Crippen LogP) is 8.33. The molecule has 2 unspecified atom stereocenters. The van der Waals surface area contributed by atoms with Crippen molar-refractivity contribution in [3.63, 3.8) is 0 Å². The summed E-state index contributed by atoms with van der Waals surface area (Å²) < 4.78 is 6.12. The standard InChI is InChI=1S/C38H57Cl2NO5/c1-23(6-15-35(43)44)31-13-14-32-30-12-9-27-19-29(16-17-37(27,4)33(30)20-34(42)38(31,32)5)46-36(45)18-26-7-10-28(11-8-26)41(21-24(2)39)22-25(3)40/h7-8,10-11,23-25,27,29-34,42H,6,9,12-22H2,1-5H3,(H,43,44)/t23-,24?,25?,27-,29-,30+,31-,32+,33+,34+,37+,38-/m1/s1. The molecule has 0 bridgehead atoms. The summed E-state index contributed by atoms with van der Waals surface area (Å²) in [6.07, 6.45) is 9.04. The Morgan fingerprint density at radius 2 is 1.63 bits per heavy atom. The molecule has 46 heavy (non-hydrogen) atoms. The van der Waals surface area contributed by atoms with E-state index in [1.807, 2.05) is 38.1 Å². The van der Waals surface area contributed by atoms with E-state index in [-0.39, 0.29) is 52.6 Å². The van der Waals surface area contributed by atoms with E-state index in [1.165, 1.54) is 6.42 Å². The van der Waals surface area contributed by atoms with Gasteiger partial charge in [0.05, 0.1) is 12.5 Å². The quantitative estimate of drug-likeness (QED) is 0.171. The lowest BCUT2D eigenvalue weighted by atomic mass is 9.43. The number of esters is 1. The van der Waals surface area contributed by atoms with Gasteiger partial charge in [-0.05, 0) is 136 Å². The summed E-state index contributed by atoms with van der Waals surface area (Å²) in [4.78, 5) is 26.6. The van der Waals surface area contributed by atoms with Crippen LogP contribution in [0.5, 0.6) is 0 Å². The second-order valence-corrected chi connectivity index (χ2v) is 17.6. The monoisotopic (exact) mass is 677 g/mol. The van der Waals surface area contributed by atoms with Gasteiger partial charge < -0.3 is 19.8 Å². The van der Waals surface area contributed by atoms with E-state index in [0.29, 0.717) is 55.0 Å². The SMILES string of the molecule is CC(Cl)CN(CC(C)Cl)c1ccc(CC(=O)O[C@@H]2CC[C@@]3(C)[C@H](CC[C@@H]4[C@@H]3C[C@H](O)[C@]3(C)[C@@H]([C@H](C)CCC(=O)O)CC[C@@H]43)C2)cc1. The molecule has 2 N–H and O–H groups in total. The van der Waals surface area contributed by atoms with Gasteiger partial charge in [-0.1, -0.05) is 32.9 Å². The predicted molar refractivity (Wildman–Crippen MR) is 186 cm³/mol. The van der Waals surface area contributed by atoms with E-state index < -0.39 is 5.97 Å². The molecule has 12 atom stereocenters. The molecule has 6 nitrogen and oxygen atoms in total. The Labute approximate surface area is 286 Å². The summed E-state index contributed by atoms with van der Waals surface area (Å²) in [5, 5.41) is 21.1. The highest BCUT2D eigenvalue weighted by molar-refractivity contribution is 6.21. The number of rotatable bonds is 12. The Balaban J connectivity index is 1.17. The largest absolute Gasteiger partial charge is 0.481 e. The lowest BCUT2D eigenvalue weighted by molar-refractivity contribution is -0.181. The van der Waals surface area contributed by atoms with Gasteiger partial charge >= 0.3 is 11.9 Å². The number of benzene rings is 1. The van der Waals surface area contributed by atoms with Crippen molar-refractivity contribution in [3.05, 3.63) is 29.8 Å². The summed E-state index contributed by atoms with van der Waals surface area (Å²) >= 11 is 12.6. The molecule has 0 aliphatic heterocycles. The number of aliphatic hydroxyl groups is 1. The van der Waals surface area contributed by atoms with Crippen LogP contribution in [0.1, 0.15) is 104 Å². The topological polar surface area (TPSA) is 87.1 Å². The van der Waals surface area contributed by atoms with Crippen molar-refractivity contribution in [1.29, 1.82) is 0 Å². The summed E-state index contributed by atoms with van der Waals surface area (Å²) in [6.45, 7) is 12.4. The fourth-order valence-corrected chi connectivity index (χ4v) is 11.2. The highest BCUT2D eigenvalue weighted by Gasteiger charge is 2.63. The Kier molecular flexibility index (Phi) is 11.3. The Hall–Kier alpha value is -1.50. The second kappa shape index (κ2) is 14.5. The molecule has 1 aromatic carbocycles. The van der Waals surface area contributed by atoms with Gasteiger partial charge in [0.1, 0.15) is 6.10 Å². The van der Waals surface area contributed by atoms with Crippen LogP contribution in [-0.4, -0.2) is 58.2 Å². The van der Waals surface area contributed by atoms with E-state index >= 15 is 0 Å². The first kappa shape index (κ1) is 35.8. The first-order valence-corrected chi connectivity index (χ1v) is 18.8. The summed E-state index contributed by atoms with van der Waals surface area (Å²) in [5.41, 5.74) is 2.02. The van der Waals surface area contributed by atoms with Crippen LogP contribution in [0.3, 0.4) is 0 Å². The van der Waals surface area contributed by atoms with Gasteiger partial charge in [0.15, 0.2) is 0 Å². The van der Waals surface area contributed by atoms with E-state index in [2.05, 4.69) is 25.7 Å². The van der Waals surface area contributed by atoms with Crippen molar-refractivity contribution < 1.29 is 24.5 Å². The number of fused-ring (bicyclic) bond motifs is 5. The van der Waals surface area contributed by atoms with Crippen molar-refractivity contribution in [2.45, 2.75) is 128 Å². The van der Waals surface area contributed by atoms with Gasteiger partial charge in [-0.2, -0.15) is 0 Å². The Morgan fingerprint density at radius 1 is 0.957 bits per heavy atom. The minimum Gasteiger partial charge on any atom is -0.481 e. The summed E-state index contributed by atoms with van der Waals surface area (Å²) in [7, 11) is 0. The summed E-state index contributed by atoms with van der Waals surface area (Å²) in [6, 6.07) is 8.09. The van der Waals surface area contributed by atoms with Crippen LogP contribution < -0.4 is 4.90 Å². The van der Waals surface area contributed by atoms with Crippen LogP contribution >= 0.6 is 23.2 Å². The van der Waals surface area contributed by atoms with Gasteiger partial charge in [0.2, 0.25) is 0 Å². The number of nitrogens with zero attached hydrogens (tertiary/aromatic N) is 1. The fourth-order valence-electron chi connectivity index (χ4n) is 10.9. The third kappa shape index (κ3) is 7.39. The molecule has 4 saturated carbocycles. The zero-order valence-corrected chi connectivity index (χ0v) is 30.1. The number of hydrogen-bond acceptors (Lipinski definition) is 5. The highest BCUT2D eigenvalue weighted by atomic mass is 35.5. The van der Waals surface area contributed by atoms with Crippen LogP contribution in [0.2, 0.25) is 0 Å². The first-order valence-electron chi connectivity index (χ1n) is 17.9. The smallest absolute Gasteiger partial charge is 0.310 e. The number of ether oxygens (including phenoxy) is 1. The molecule has 1 aromatic rings. The number of alkyl halides is 2. The Bertz CT molecular complexity index is 1200. The van der Waals surface area contributed by atoms with Crippen molar-refractivity contribution >= 4 is 40.8 Å². The number of carboxylic acids is 1. The molecule has 4 aliphatic rings. The second-order valence-electron chi connectivity index (χ2n) is 16.1. The van der Waals surface area contributed by atoms with Crippen molar-refractivity contribution in [2.24, 2.45) is 46.3 Å². The minimum absolute atomic E-state index is 0.00147. The van der Waals surface area contributed by atoms with Crippen molar-refractivity contribution in [1.82, 2.24) is 0 Å². The molecule has 0 saturated heterocycles. The van der Waals surface area contributed by atoms with Gasteiger partial charge in [-0.3, -0.25) is 9.59 Å². The lowest BCUT2D eigenvalue weighted by Gasteiger charge is -2.62. The average Bonchev–Trinajstić information content (AvgIpc) is 3.35. The van der Waals surface area contributed by atoms with E-state index in [9.17, 15) is 19.8 Å². The van der Waals surface area contributed by atoms with Gasteiger partial charge in [-0.15, -0.1) is 23.2 Å². The van der Waals surface area contributed by atoms with Crippen LogP contribution in [0.4, 0.5) is 5.69 Å². The third-order valence-corrected chi connectivity index (χ3v) is 13.5. The molecule has 5 rings (SSSR count). The molecule has 258 valence electrons. The number of aliphatic hydroxyl groups excluding tert-OH is 1. The van der Waals surface area contributed by atoms with E-state index in [1.54, 1.807) is 0 Å². The lowest BCUT2D eigenvalue weighted by Crippen LogP contribution is -2.59. The normalized spacial score (nSPS) is 37.3. The molecule has 0 radical (unpaired) electrons. The number of hydrogen-bond donors (Lipinski definition) is 2. The number of aliphatic carboxylic acids is 1. The van der Waals surface area contributed by atoms with Gasteiger partial charge in [0.25, 0.3) is 0 Å². The number of anilines is 1. The van der Waals surface area contributed by atoms with Crippen LogP contribution in [0, 0.1) is 46.3 Å². The van der Waals surface area contributed by atoms with Crippen LogP contribution in [-0.2, 0) is 20.7 Å². The molecule has 0 aromatic heterocycles. The average molecular weight is 679 g/mol. The van der Waals surface area contributed by atoms with Crippen LogP contribution in [0.25, 0.3) is 0 Å². The zero-order chi connectivity index (χ0) is 33.4. The molecule has 4 aliphatic carbocycles. The van der Waals surface area contributed by atoms with E-state index in [0.717, 1.165) is 56.2 Å². The van der Waals surface area contributed by atoms with Gasteiger partial charge in [0, 0.05) is 36.0 Å². The maximum atomic E-state index is 13.1. The molecule has 0 spiro atoms. The maximum absolute atomic E-state index is 13.1. The number of carboxylic acid groups (broad SMARTS) is 1. The molecule has 0 amide bonds. The molecule has 8 heteroatoms. The van der Waals surface area contributed by atoms with Crippen molar-refractivity contribution in [2.75, 3.05) is 18.0 Å². The zero-order valence-electron chi connectivity index (χ0n) is 28.6. The van der Waals surface area contributed by atoms with Crippen LogP contribution in [0.15, 0.2) is 24.3 Å². The molecule has 0 heterocycles. The molecular weight excluding hydrogens is 621 g/mol. The first-order chi connectivity index (χ1) is 21.7. The maximum Gasteiger partial charge on any atom is 0.310 e. The van der Waals surface area contributed by atoms with Crippen molar-refractivity contribution in [3.8, 4) is 0 Å². The Morgan fingerprint density at radius 3 is 2.26 bits per heavy atom. The number of carbonyl (C=O) groups is 2. The number of halogens is 2. The minimum atomic E-state index is -0.727. The molecule has 4 fully saturated rings.